The Morgan fingerprint density at radius 3 is 1.91 bits per heavy atom. The molecule has 0 spiro atoms. The number of aliphatic hydroxyl groups is 3. The molecule has 68 heavy (non-hydrogen) atoms. The zero-order valence-corrected chi connectivity index (χ0v) is 40.8. The molecular formula is C51H77N5O12. The van der Waals surface area contributed by atoms with Gasteiger partial charge in [0.1, 0.15) is 29.6 Å². The minimum Gasteiger partial charge on any atom is -0.507 e. The summed E-state index contributed by atoms with van der Waals surface area (Å²) in [6.07, 6.45) is 12.9. The largest absolute Gasteiger partial charge is 0.507 e. The molecule has 6 atom stereocenters. The van der Waals surface area contributed by atoms with E-state index in [9.17, 15) is 59.1 Å². The second kappa shape index (κ2) is 29.5. The maximum Gasteiger partial charge on any atom is 0.245 e. The summed E-state index contributed by atoms with van der Waals surface area (Å²) in [6, 6.07) is 3.69. The molecule has 0 radical (unpaired) electrons. The molecule has 17 heteroatoms. The van der Waals surface area contributed by atoms with Crippen LogP contribution in [-0.2, 0) is 40.0 Å². The molecule has 0 fully saturated rings. The number of carbonyl (C=O) groups is 7. The average Bonchev–Trinajstić information content (AvgIpc) is 3.31. The van der Waals surface area contributed by atoms with Gasteiger partial charge in [0, 0.05) is 69.8 Å². The molecule has 1 aliphatic rings. The summed E-state index contributed by atoms with van der Waals surface area (Å²) >= 11 is 0. The molecule has 2 aromatic rings. The second-order valence-corrected chi connectivity index (χ2v) is 18.3. The molecule has 1 heterocycles. The van der Waals surface area contributed by atoms with Crippen molar-refractivity contribution in [3.05, 3.63) is 47.5 Å². The van der Waals surface area contributed by atoms with E-state index in [1.165, 1.54) is 127 Å². The summed E-state index contributed by atoms with van der Waals surface area (Å²) in [6.45, 7) is 3.55. The van der Waals surface area contributed by atoms with E-state index in [2.05, 4.69) is 22.9 Å². The normalized spacial score (nSPS) is 17.5. The van der Waals surface area contributed by atoms with E-state index in [0.29, 0.717) is 12.0 Å². The molecule has 378 valence electrons. The van der Waals surface area contributed by atoms with Crippen LogP contribution < -0.4 is 16.0 Å². The van der Waals surface area contributed by atoms with Gasteiger partial charge < -0.3 is 51.3 Å². The van der Waals surface area contributed by atoms with Gasteiger partial charge in [-0.25, -0.2) is 0 Å². The van der Waals surface area contributed by atoms with E-state index in [0.717, 1.165) is 24.2 Å². The molecule has 0 aromatic heterocycles. The number of nitrogens with zero attached hydrogens (tertiary/aromatic N) is 2. The van der Waals surface area contributed by atoms with Crippen LogP contribution >= 0.6 is 0 Å². The third-order valence-corrected chi connectivity index (χ3v) is 12.8. The fourth-order valence-electron chi connectivity index (χ4n) is 8.34. The van der Waals surface area contributed by atoms with E-state index in [1.54, 1.807) is 0 Å². The number of aliphatic hydroxyl groups excluding tert-OH is 3. The number of fused-ring (bicyclic) bond motifs is 5. The number of ketones is 2. The van der Waals surface area contributed by atoms with Crippen molar-refractivity contribution >= 4 is 41.1 Å². The van der Waals surface area contributed by atoms with Gasteiger partial charge >= 0.3 is 0 Å². The highest BCUT2D eigenvalue weighted by Gasteiger charge is 2.34. The molecule has 17 nitrogen and oxygen atoms in total. The van der Waals surface area contributed by atoms with Crippen LogP contribution in [0.25, 0.3) is 11.1 Å². The number of carbonyl (C=O) groups excluding carboxylic acids is 7. The van der Waals surface area contributed by atoms with Crippen LogP contribution in [0.1, 0.15) is 147 Å². The SMILES string of the molecule is CCCCCCCCCCCCCCCC(=O)N(C)C(CO)C(=O)N[C@H](C)C(=O)CCC(=O)N(C)[C@@H]1C(=O)C[C@@H](C)C(=O)NC(C(=O)NCC(O)CO)Cc2ccc(O)c(c2)-c2cc1ccc2O. The topological polar surface area (TPSA) is 263 Å². The van der Waals surface area contributed by atoms with Gasteiger partial charge in [0.15, 0.2) is 11.6 Å². The van der Waals surface area contributed by atoms with Crippen molar-refractivity contribution in [3.8, 4) is 22.6 Å². The van der Waals surface area contributed by atoms with Gasteiger partial charge in [-0.05, 0) is 48.7 Å². The second-order valence-electron chi connectivity index (χ2n) is 18.3. The first-order valence-electron chi connectivity index (χ1n) is 24.4. The zero-order chi connectivity index (χ0) is 50.3. The van der Waals surface area contributed by atoms with Crippen molar-refractivity contribution in [2.45, 2.75) is 167 Å². The molecular weight excluding hydrogens is 875 g/mol. The van der Waals surface area contributed by atoms with E-state index in [1.807, 2.05) is 0 Å². The summed E-state index contributed by atoms with van der Waals surface area (Å²) in [5, 5.41) is 58.8. The summed E-state index contributed by atoms with van der Waals surface area (Å²) < 4.78 is 0. The lowest BCUT2D eigenvalue weighted by molar-refractivity contribution is -0.142. The molecule has 0 aliphatic carbocycles. The first-order valence-corrected chi connectivity index (χ1v) is 24.4. The van der Waals surface area contributed by atoms with Gasteiger partial charge in [-0.2, -0.15) is 0 Å². The zero-order valence-electron chi connectivity index (χ0n) is 40.8. The monoisotopic (exact) mass is 952 g/mol. The maximum atomic E-state index is 14.2. The Morgan fingerprint density at radius 1 is 0.750 bits per heavy atom. The number of rotatable bonds is 27. The van der Waals surface area contributed by atoms with Crippen molar-refractivity contribution < 1.29 is 59.1 Å². The van der Waals surface area contributed by atoms with Gasteiger partial charge in [-0.3, -0.25) is 33.6 Å². The Labute approximate surface area is 401 Å². The lowest BCUT2D eigenvalue weighted by Gasteiger charge is -2.30. The minimum absolute atomic E-state index is 0.0830. The van der Waals surface area contributed by atoms with E-state index >= 15 is 0 Å². The standard InChI is InChI=1S/C51H77N5O12/c1-6-7-8-9-10-11-12-13-14-15-16-17-18-19-46(64)55(4)41(32-58)51(68)53-34(3)42(60)24-25-47(65)56(5)48-36-21-23-44(62)39(29-36)38-27-35(20-22-43(38)61)28-40(50(67)52-30-37(59)31-57)54-49(66)33(2)26-45(48)63/h20-23,27,29,33-34,37,40-41,48,57-59,61-62H,6-19,24-26,28,30-32H2,1-5H3,(H,52,67)(H,53,68)(H,54,66)/t33-,34-,37?,40?,41?,48+/m1/s1. The number of likely N-dealkylation sites (N-methyl/N-ethyl adjacent to an activating group) is 2. The average molecular weight is 952 g/mol. The number of amides is 5. The Kier molecular flexibility index (Phi) is 24.7. The highest BCUT2D eigenvalue weighted by Crippen LogP contribution is 2.39. The Bertz CT molecular complexity index is 1990. The van der Waals surface area contributed by atoms with Crippen molar-refractivity contribution in [1.29, 1.82) is 0 Å². The third-order valence-electron chi connectivity index (χ3n) is 12.8. The number of phenols is 2. The van der Waals surface area contributed by atoms with Crippen molar-refractivity contribution in [1.82, 2.24) is 25.8 Å². The number of nitrogens with one attached hydrogen (secondary N) is 3. The third kappa shape index (κ3) is 17.9. The van der Waals surface area contributed by atoms with Gasteiger partial charge in [-0.1, -0.05) is 103 Å². The molecule has 5 amide bonds. The highest BCUT2D eigenvalue weighted by atomic mass is 16.3. The number of hydrogen-bond acceptors (Lipinski definition) is 12. The molecule has 1 aliphatic heterocycles. The van der Waals surface area contributed by atoms with Crippen LogP contribution in [0.15, 0.2) is 36.4 Å². The predicted molar refractivity (Wildman–Crippen MR) is 257 cm³/mol. The van der Waals surface area contributed by atoms with Gasteiger partial charge in [0.2, 0.25) is 29.5 Å². The maximum absolute atomic E-state index is 14.2. The summed E-state index contributed by atoms with van der Waals surface area (Å²) in [4.78, 5) is 96.7. The Morgan fingerprint density at radius 2 is 1.32 bits per heavy atom. The highest BCUT2D eigenvalue weighted by molar-refractivity contribution is 5.97. The van der Waals surface area contributed by atoms with Crippen molar-refractivity contribution in [2.24, 2.45) is 5.92 Å². The summed E-state index contributed by atoms with van der Waals surface area (Å²) in [7, 11) is 2.80. The Hall–Kier alpha value is -5.39. The van der Waals surface area contributed by atoms with Crippen LogP contribution in [-0.4, -0.2) is 135 Å². The molecule has 3 rings (SSSR count). The lowest BCUT2D eigenvalue weighted by Crippen LogP contribution is -2.53. The predicted octanol–water partition coefficient (Wildman–Crippen LogP) is 4.52. The number of aromatic hydroxyl groups is 2. The number of Topliss-reactive ketones (excluding diaryl/α,β-unsaturated/α-hetero) is 2. The first kappa shape index (κ1) is 56.9. The van der Waals surface area contributed by atoms with E-state index in [4.69, 9.17) is 0 Å². The van der Waals surface area contributed by atoms with Crippen LogP contribution in [0, 0.1) is 5.92 Å². The van der Waals surface area contributed by atoms with Gasteiger partial charge in [-0.15, -0.1) is 0 Å². The molecule has 0 saturated heterocycles. The molecule has 8 N–H and O–H groups in total. The number of benzene rings is 2. The van der Waals surface area contributed by atoms with E-state index < -0.39 is 91.0 Å². The fraction of sp³-hybridized carbons (Fsp3) is 0.627. The fourth-order valence-corrected chi connectivity index (χ4v) is 8.34. The number of unbranched alkanes of at least 4 members (excludes halogenated alkanes) is 12. The lowest BCUT2D eigenvalue weighted by atomic mass is 9.89. The van der Waals surface area contributed by atoms with Gasteiger partial charge in [0.05, 0.1) is 25.4 Å². The number of hydrogen-bond donors (Lipinski definition) is 8. The molecule has 0 saturated carbocycles. The summed E-state index contributed by atoms with van der Waals surface area (Å²) in [5.41, 5.74) is 0.944. The molecule has 3 unspecified atom stereocenters. The van der Waals surface area contributed by atoms with Gasteiger partial charge in [0.25, 0.3) is 0 Å². The minimum atomic E-state index is -1.34. The van der Waals surface area contributed by atoms with Crippen LogP contribution in [0.2, 0.25) is 0 Å². The first-order chi connectivity index (χ1) is 32.4. The smallest absolute Gasteiger partial charge is 0.245 e. The molecule has 4 bridgehead atoms. The molecule has 2 aromatic carbocycles. The Balaban J connectivity index is 1.64. The van der Waals surface area contributed by atoms with E-state index in [-0.39, 0.29) is 66.3 Å². The van der Waals surface area contributed by atoms with Crippen LogP contribution in [0.5, 0.6) is 11.5 Å². The van der Waals surface area contributed by atoms with Crippen LogP contribution in [0.4, 0.5) is 0 Å². The van der Waals surface area contributed by atoms with Crippen molar-refractivity contribution in [2.75, 3.05) is 33.9 Å². The summed E-state index contributed by atoms with van der Waals surface area (Å²) in [5.74, 6) is -5.65. The quantitative estimate of drug-likeness (QED) is 0.0575. The number of phenolic OH excluding ortho intramolecular Hbond substituents is 2. The van der Waals surface area contributed by atoms with Crippen molar-refractivity contribution in [3.63, 3.8) is 0 Å². The van der Waals surface area contributed by atoms with Crippen LogP contribution in [0.3, 0.4) is 0 Å².